The van der Waals surface area contributed by atoms with Crippen molar-refractivity contribution in [3.05, 3.63) is 72.6 Å². The molecule has 2 aromatic heterocycles. The molecule has 152 valence electrons. The first kappa shape index (κ1) is 19.2. The van der Waals surface area contributed by atoms with Gasteiger partial charge in [-0.3, -0.25) is 0 Å². The van der Waals surface area contributed by atoms with Crippen LogP contribution in [0.2, 0.25) is 0 Å². The molecule has 0 aliphatic rings. The maximum absolute atomic E-state index is 12.9. The van der Waals surface area contributed by atoms with Crippen molar-refractivity contribution in [2.45, 2.75) is 19.9 Å². The molecule has 0 saturated heterocycles. The van der Waals surface area contributed by atoms with Gasteiger partial charge in [-0.1, -0.05) is 18.2 Å². The predicted octanol–water partition coefficient (Wildman–Crippen LogP) is 2.78. The van der Waals surface area contributed by atoms with Crippen molar-refractivity contribution < 1.29 is 4.79 Å². The predicted molar refractivity (Wildman–Crippen MR) is 110 cm³/mol. The van der Waals surface area contributed by atoms with Crippen molar-refractivity contribution >= 4 is 11.7 Å². The number of rotatable bonds is 5. The van der Waals surface area contributed by atoms with Gasteiger partial charge in [-0.2, -0.15) is 5.10 Å². The highest BCUT2D eigenvalue weighted by molar-refractivity contribution is 5.90. The molecule has 0 aliphatic heterocycles. The second-order valence-corrected chi connectivity index (χ2v) is 6.90. The van der Waals surface area contributed by atoms with Gasteiger partial charge in [0.25, 0.3) is 0 Å². The minimum Gasteiger partial charge on any atom is -0.321 e. The van der Waals surface area contributed by atoms with E-state index in [1.807, 2.05) is 56.3 Å². The van der Waals surface area contributed by atoms with Crippen molar-refractivity contribution in [1.29, 1.82) is 0 Å². The smallest absolute Gasteiger partial charge is 0.321 e. The van der Waals surface area contributed by atoms with Gasteiger partial charge in [0.2, 0.25) is 0 Å². The molecule has 0 aliphatic carbocycles. The molecule has 2 amide bonds. The summed E-state index contributed by atoms with van der Waals surface area (Å²) in [5, 5.41) is 18.3. The molecule has 0 bridgehead atoms. The average molecular weight is 403 g/mol. The van der Waals surface area contributed by atoms with Gasteiger partial charge in [0, 0.05) is 12.7 Å². The standard InChI is InChI=1S/C20H21N9O/c1-14-4-7-18(29-13-22-25-26-29)10-19(14)24-20(30)27(3)15(2)16-5-8-17(9-6-16)28-12-21-11-23-28/h4-13,15H,1-3H3,(H,24,30)/t15-/m0/s1. The second kappa shape index (κ2) is 8.11. The van der Waals surface area contributed by atoms with E-state index in [0.29, 0.717) is 5.69 Å². The Labute approximate surface area is 173 Å². The number of aromatic nitrogens is 7. The van der Waals surface area contributed by atoms with Crippen molar-refractivity contribution in [3.8, 4) is 11.4 Å². The van der Waals surface area contributed by atoms with Gasteiger partial charge >= 0.3 is 6.03 Å². The van der Waals surface area contributed by atoms with Crippen LogP contribution in [0, 0.1) is 6.92 Å². The summed E-state index contributed by atoms with van der Waals surface area (Å²) in [4.78, 5) is 18.5. The molecule has 30 heavy (non-hydrogen) atoms. The fraction of sp³-hybridized carbons (Fsp3) is 0.200. The Morgan fingerprint density at radius 3 is 2.50 bits per heavy atom. The Bertz CT molecular complexity index is 1120. The highest BCUT2D eigenvalue weighted by Gasteiger charge is 2.18. The van der Waals surface area contributed by atoms with Gasteiger partial charge in [0.15, 0.2) is 0 Å². The molecule has 1 atom stereocenters. The molecule has 4 rings (SSSR count). The molecular formula is C20H21N9O. The molecule has 0 saturated carbocycles. The third-order valence-corrected chi connectivity index (χ3v) is 5.04. The van der Waals surface area contributed by atoms with E-state index in [1.54, 1.807) is 23.0 Å². The van der Waals surface area contributed by atoms with Gasteiger partial charge < -0.3 is 10.2 Å². The summed E-state index contributed by atoms with van der Waals surface area (Å²) in [6.07, 6.45) is 4.64. The summed E-state index contributed by atoms with van der Waals surface area (Å²) in [5.74, 6) is 0. The lowest BCUT2D eigenvalue weighted by Crippen LogP contribution is -2.33. The molecule has 0 fully saturated rings. The van der Waals surface area contributed by atoms with Crippen LogP contribution in [0.3, 0.4) is 0 Å². The van der Waals surface area contributed by atoms with E-state index in [4.69, 9.17) is 0 Å². The number of nitrogens with one attached hydrogen (secondary N) is 1. The number of urea groups is 1. The number of carbonyl (C=O) groups is 1. The van der Waals surface area contributed by atoms with E-state index in [0.717, 1.165) is 22.5 Å². The zero-order valence-electron chi connectivity index (χ0n) is 16.8. The summed E-state index contributed by atoms with van der Waals surface area (Å²) >= 11 is 0. The fourth-order valence-electron chi connectivity index (χ4n) is 3.02. The average Bonchev–Trinajstić information content (AvgIpc) is 3.49. The minimum atomic E-state index is -0.209. The Morgan fingerprint density at radius 2 is 1.83 bits per heavy atom. The van der Waals surface area contributed by atoms with Crippen LogP contribution in [0.25, 0.3) is 11.4 Å². The summed E-state index contributed by atoms with van der Waals surface area (Å²) in [5.41, 5.74) is 4.33. The highest BCUT2D eigenvalue weighted by Crippen LogP contribution is 2.23. The molecule has 2 heterocycles. The number of amides is 2. The van der Waals surface area contributed by atoms with Crippen LogP contribution in [0.4, 0.5) is 10.5 Å². The summed E-state index contributed by atoms with van der Waals surface area (Å²) in [6, 6.07) is 13.2. The number of tetrazole rings is 1. The lowest BCUT2D eigenvalue weighted by Gasteiger charge is -2.26. The van der Waals surface area contributed by atoms with E-state index in [-0.39, 0.29) is 12.1 Å². The van der Waals surface area contributed by atoms with Gasteiger partial charge in [-0.15, -0.1) is 5.10 Å². The Kier molecular flexibility index (Phi) is 5.21. The van der Waals surface area contributed by atoms with Crippen molar-refractivity contribution in [2.24, 2.45) is 0 Å². The van der Waals surface area contributed by atoms with Crippen LogP contribution in [0.5, 0.6) is 0 Å². The molecule has 10 heteroatoms. The lowest BCUT2D eigenvalue weighted by atomic mass is 10.1. The van der Waals surface area contributed by atoms with Gasteiger partial charge in [0.1, 0.15) is 19.0 Å². The second-order valence-electron chi connectivity index (χ2n) is 6.90. The van der Waals surface area contributed by atoms with Crippen LogP contribution >= 0.6 is 0 Å². The fourth-order valence-corrected chi connectivity index (χ4v) is 3.02. The number of anilines is 1. The number of carbonyl (C=O) groups excluding carboxylic acids is 1. The van der Waals surface area contributed by atoms with E-state index in [2.05, 4.69) is 30.9 Å². The topological polar surface area (TPSA) is 107 Å². The van der Waals surface area contributed by atoms with Crippen molar-refractivity contribution in [2.75, 3.05) is 12.4 Å². The number of nitrogens with zero attached hydrogens (tertiary/aromatic N) is 8. The lowest BCUT2D eigenvalue weighted by molar-refractivity contribution is 0.208. The van der Waals surface area contributed by atoms with Crippen molar-refractivity contribution in [3.63, 3.8) is 0 Å². The molecule has 0 spiro atoms. The zero-order chi connectivity index (χ0) is 21.1. The van der Waals surface area contributed by atoms with Gasteiger partial charge in [-0.05, 0) is 59.7 Å². The molecule has 2 aromatic carbocycles. The van der Waals surface area contributed by atoms with E-state index >= 15 is 0 Å². The number of hydrogen-bond acceptors (Lipinski definition) is 6. The van der Waals surface area contributed by atoms with Crippen LogP contribution in [-0.2, 0) is 0 Å². The molecular weight excluding hydrogens is 382 g/mol. The summed E-state index contributed by atoms with van der Waals surface area (Å²) < 4.78 is 3.23. The Balaban J connectivity index is 1.47. The van der Waals surface area contributed by atoms with Gasteiger partial charge in [-0.25, -0.2) is 19.1 Å². The third-order valence-electron chi connectivity index (χ3n) is 5.04. The van der Waals surface area contributed by atoms with Crippen LogP contribution in [0.1, 0.15) is 24.1 Å². The summed E-state index contributed by atoms with van der Waals surface area (Å²) in [6.45, 7) is 3.92. The molecule has 0 radical (unpaired) electrons. The number of aryl methyl sites for hydroxylation is 1. The Morgan fingerprint density at radius 1 is 1.07 bits per heavy atom. The summed E-state index contributed by atoms with van der Waals surface area (Å²) in [7, 11) is 1.77. The van der Waals surface area contributed by atoms with E-state index in [1.165, 1.54) is 17.3 Å². The number of benzene rings is 2. The zero-order valence-corrected chi connectivity index (χ0v) is 16.8. The first-order valence-electron chi connectivity index (χ1n) is 9.35. The highest BCUT2D eigenvalue weighted by atomic mass is 16.2. The molecule has 0 unspecified atom stereocenters. The maximum Gasteiger partial charge on any atom is 0.322 e. The van der Waals surface area contributed by atoms with Crippen LogP contribution in [-0.4, -0.2) is 53.0 Å². The number of hydrogen-bond donors (Lipinski definition) is 1. The normalized spacial score (nSPS) is 11.8. The first-order valence-corrected chi connectivity index (χ1v) is 9.35. The Hall–Kier alpha value is -4.08. The van der Waals surface area contributed by atoms with Crippen LogP contribution < -0.4 is 5.32 Å². The molecule has 10 nitrogen and oxygen atoms in total. The van der Waals surface area contributed by atoms with E-state index in [9.17, 15) is 4.79 Å². The van der Waals surface area contributed by atoms with Crippen LogP contribution in [0.15, 0.2) is 61.4 Å². The minimum absolute atomic E-state index is 0.127. The molecule has 4 aromatic rings. The molecule has 1 N–H and O–H groups in total. The third kappa shape index (κ3) is 3.88. The van der Waals surface area contributed by atoms with E-state index < -0.39 is 0 Å². The quantitative estimate of drug-likeness (QED) is 0.549. The van der Waals surface area contributed by atoms with Crippen molar-refractivity contribution in [1.82, 2.24) is 39.9 Å². The largest absolute Gasteiger partial charge is 0.322 e. The first-order chi connectivity index (χ1) is 14.5. The maximum atomic E-state index is 12.9. The van der Waals surface area contributed by atoms with Gasteiger partial charge in [0.05, 0.1) is 17.4 Å². The SMILES string of the molecule is Cc1ccc(-n2cnnn2)cc1NC(=O)N(C)[C@@H](C)c1ccc(-n2cncn2)cc1. The monoisotopic (exact) mass is 403 g/mol.